The third-order valence-corrected chi connectivity index (χ3v) is 4.54. The van der Waals surface area contributed by atoms with Crippen molar-refractivity contribution in [2.24, 2.45) is 0 Å². The second-order valence-corrected chi connectivity index (χ2v) is 8.60. The van der Waals surface area contributed by atoms with Crippen molar-refractivity contribution in [1.82, 2.24) is 0 Å². The minimum Gasteiger partial charge on any atom is -1.00 e. The fourth-order valence-electron chi connectivity index (χ4n) is 1.49. The Labute approximate surface area is 98.5 Å². The molecule has 2 heteroatoms. The highest BCUT2D eigenvalue weighted by Crippen LogP contribution is 2.54. The largest absolute Gasteiger partial charge is 1.00 e. The van der Waals surface area contributed by atoms with E-state index in [4.69, 9.17) is 0 Å². The standard InChI is InChI=1S/C12H18P.BrH/c1-4-10-13(2,3)11-12-8-6-5-7-9-12;/h4-9H,1,10-11H2,2-3H3;1H/q+1;/p-1. The van der Waals surface area contributed by atoms with Gasteiger partial charge in [-0.25, -0.2) is 0 Å². The maximum absolute atomic E-state index is 3.82. The summed E-state index contributed by atoms with van der Waals surface area (Å²) in [6.07, 6.45) is 4.47. The van der Waals surface area contributed by atoms with Crippen molar-refractivity contribution < 1.29 is 17.0 Å². The Kier molecular flexibility index (Phi) is 6.31. The van der Waals surface area contributed by atoms with E-state index in [2.05, 4.69) is 56.3 Å². The molecule has 0 unspecified atom stereocenters. The summed E-state index contributed by atoms with van der Waals surface area (Å²) in [4.78, 5) is 0. The van der Waals surface area contributed by atoms with Crippen LogP contribution in [-0.4, -0.2) is 19.5 Å². The zero-order valence-electron chi connectivity index (χ0n) is 8.91. The number of rotatable bonds is 4. The molecule has 0 N–H and O–H groups in total. The molecule has 0 aliphatic carbocycles. The van der Waals surface area contributed by atoms with Gasteiger partial charge >= 0.3 is 0 Å². The third-order valence-electron chi connectivity index (χ3n) is 2.08. The van der Waals surface area contributed by atoms with Crippen LogP contribution < -0.4 is 17.0 Å². The van der Waals surface area contributed by atoms with E-state index in [0.717, 1.165) is 0 Å². The van der Waals surface area contributed by atoms with Gasteiger partial charge in [-0.2, -0.15) is 0 Å². The Hall–Kier alpha value is -0.130. The lowest BCUT2D eigenvalue weighted by molar-refractivity contribution is -0.00000296. The Morgan fingerprint density at radius 3 is 2.29 bits per heavy atom. The topological polar surface area (TPSA) is 0 Å². The Balaban J connectivity index is 0.00000169. The van der Waals surface area contributed by atoms with Crippen molar-refractivity contribution in [3.05, 3.63) is 48.6 Å². The molecule has 14 heavy (non-hydrogen) atoms. The quantitative estimate of drug-likeness (QED) is 0.558. The van der Waals surface area contributed by atoms with Gasteiger partial charge in [0.25, 0.3) is 0 Å². The SMILES string of the molecule is C=CC[P+](C)(C)Cc1ccccc1.[Br-]. The van der Waals surface area contributed by atoms with Crippen molar-refractivity contribution >= 4 is 7.26 Å². The summed E-state index contributed by atoms with van der Waals surface area (Å²) in [6.45, 7) is 8.60. The monoisotopic (exact) mass is 272 g/mol. The molecule has 0 amide bonds. The minimum atomic E-state index is -0.782. The van der Waals surface area contributed by atoms with Gasteiger partial charge in [-0.15, -0.1) is 0 Å². The molecule has 0 aliphatic heterocycles. The van der Waals surface area contributed by atoms with Crippen molar-refractivity contribution in [2.75, 3.05) is 19.5 Å². The first-order valence-corrected chi connectivity index (χ1v) is 7.66. The summed E-state index contributed by atoms with van der Waals surface area (Å²) in [6, 6.07) is 10.7. The predicted molar refractivity (Wildman–Crippen MR) is 64.0 cm³/mol. The summed E-state index contributed by atoms with van der Waals surface area (Å²) in [5, 5.41) is 0. The second kappa shape index (κ2) is 6.37. The molecule has 0 saturated heterocycles. The lowest BCUT2D eigenvalue weighted by atomic mass is 10.2. The Bertz CT molecular complexity index is 267. The Morgan fingerprint density at radius 1 is 1.21 bits per heavy atom. The van der Waals surface area contributed by atoms with E-state index in [9.17, 15) is 0 Å². The average molecular weight is 273 g/mol. The number of allylic oxidation sites excluding steroid dienone is 1. The third kappa shape index (κ3) is 4.93. The van der Waals surface area contributed by atoms with Crippen molar-refractivity contribution in [3.8, 4) is 0 Å². The highest BCUT2D eigenvalue weighted by molar-refractivity contribution is 7.73. The summed E-state index contributed by atoms with van der Waals surface area (Å²) in [7, 11) is -0.782. The first kappa shape index (κ1) is 13.9. The van der Waals surface area contributed by atoms with E-state index >= 15 is 0 Å². The molecule has 0 bridgehead atoms. The van der Waals surface area contributed by atoms with Crippen LogP contribution in [0.3, 0.4) is 0 Å². The maximum Gasteiger partial charge on any atom is 0.0840 e. The molecule has 78 valence electrons. The van der Waals surface area contributed by atoms with Crippen molar-refractivity contribution in [2.45, 2.75) is 6.16 Å². The zero-order chi connectivity index (χ0) is 9.73. The summed E-state index contributed by atoms with van der Waals surface area (Å²) >= 11 is 0. The van der Waals surface area contributed by atoms with Crippen LogP contribution in [0.2, 0.25) is 0 Å². The molecule has 0 saturated carbocycles. The Morgan fingerprint density at radius 2 is 1.79 bits per heavy atom. The van der Waals surface area contributed by atoms with Gasteiger partial charge < -0.3 is 17.0 Å². The molecule has 0 atom stereocenters. The van der Waals surface area contributed by atoms with Gasteiger partial charge in [0.2, 0.25) is 0 Å². The average Bonchev–Trinajstić information content (AvgIpc) is 2.04. The number of benzene rings is 1. The van der Waals surface area contributed by atoms with Gasteiger partial charge in [0.05, 0.1) is 12.3 Å². The molecule has 0 nitrogen and oxygen atoms in total. The summed E-state index contributed by atoms with van der Waals surface area (Å²) in [5.74, 6) is 0. The van der Waals surface area contributed by atoms with Crippen LogP contribution in [0, 0.1) is 0 Å². The van der Waals surface area contributed by atoms with E-state index in [-0.39, 0.29) is 17.0 Å². The van der Waals surface area contributed by atoms with Crippen LogP contribution in [0.1, 0.15) is 5.56 Å². The highest BCUT2D eigenvalue weighted by Gasteiger charge is 2.22. The molecule has 1 rings (SSSR count). The van der Waals surface area contributed by atoms with Crippen molar-refractivity contribution in [3.63, 3.8) is 0 Å². The van der Waals surface area contributed by atoms with Crippen LogP contribution in [0.15, 0.2) is 43.0 Å². The van der Waals surface area contributed by atoms with E-state index < -0.39 is 7.26 Å². The van der Waals surface area contributed by atoms with Gasteiger partial charge in [-0.3, -0.25) is 0 Å². The second-order valence-electron chi connectivity index (χ2n) is 4.05. The van der Waals surface area contributed by atoms with Crippen LogP contribution >= 0.6 is 7.26 Å². The molecule has 1 aromatic carbocycles. The van der Waals surface area contributed by atoms with Crippen LogP contribution in [0.5, 0.6) is 0 Å². The zero-order valence-corrected chi connectivity index (χ0v) is 11.4. The van der Waals surface area contributed by atoms with E-state index in [1.165, 1.54) is 17.9 Å². The fourth-order valence-corrected chi connectivity index (χ4v) is 3.52. The predicted octanol–water partition coefficient (Wildman–Crippen LogP) is 0.654. The lowest BCUT2D eigenvalue weighted by Crippen LogP contribution is -3.00. The van der Waals surface area contributed by atoms with Gasteiger partial charge in [0.15, 0.2) is 0 Å². The molecule has 0 radical (unpaired) electrons. The van der Waals surface area contributed by atoms with E-state index in [1.54, 1.807) is 0 Å². The molecule has 0 spiro atoms. The van der Waals surface area contributed by atoms with Gasteiger partial charge in [-0.1, -0.05) is 43.0 Å². The molecule has 0 fully saturated rings. The number of halogens is 1. The van der Waals surface area contributed by atoms with Crippen molar-refractivity contribution in [1.29, 1.82) is 0 Å². The van der Waals surface area contributed by atoms with Gasteiger partial charge in [0, 0.05) is 20.6 Å². The molecule has 1 aromatic rings. The molecular formula is C12H18BrP. The minimum absolute atomic E-state index is 0. The summed E-state index contributed by atoms with van der Waals surface area (Å²) < 4.78 is 0. The molecule has 0 heterocycles. The van der Waals surface area contributed by atoms with Gasteiger partial charge in [-0.05, 0) is 5.56 Å². The lowest BCUT2D eigenvalue weighted by Gasteiger charge is -2.15. The van der Waals surface area contributed by atoms with Crippen LogP contribution in [0.25, 0.3) is 0 Å². The molecule has 0 aromatic heterocycles. The summed E-state index contributed by atoms with van der Waals surface area (Å²) in [5.41, 5.74) is 1.46. The number of hydrogen-bond donors (Lipinski definition) is 0. The van der Waals surface area contributed by atoms with Gasteiger partial charge in [0.1, 0.15) is 0 Å². The number of hydrogen-bond acceptors (Lipinski definition) is 0. The van der Waals surface area contributed by atoms with E-state index in [0.29, 0.717) is 0 Å². The maximum atomic E-state index is 3.82. The van der Waals surface area contributed by atoms with Crippen LogP contribution in [0.4, 0.5) is 0 Å². The fraction of sp³-hybridized carbons (Fsp3) is 0.333. The first-order chi connectivity index (χ1) is 6.14. The normalized spacial score (nSPS) is 10.4. The highest BCUT2D eigenvalue weighted by atomic mass is 79.9. The smallest absolute Gasteiger partial charge is 0.0840 e. The molecular weight excluding hydrogens is 255 g/mol. The molecule has 0 aliphatic rings. The van der Waals surface area contributed by atoms with Crippen LogP contribution in [-0.2, 0) is 6.16 Å². The first-order valence-electron chi connectivity index (χ1n) is 4.61. The van der Waals surface area contributed by atoms with E-state index in [1.807, 2.05) is 0 Å².